The zero-order valence-electron chi connectivity index (χ0n) is 13.3. The van der Waals surface area contributed by atoms with Gasteiger partial charge in [0.05, 0.1) is 6.10 Å². The van der Waals surface area contributed by atoms with Gasteiger partial charge in [-0.25, -0.2) is 4.98 Å². The van der Waals surface area contributed by atoms with E-state index in [0.717, 1.165) is 36.8 Å². The molecule has 0 radical (unpaired) electrons. The van der Waals surface area contributed by atoms with E-state index in [0.29, 0.717) is 18.2 Å². The first-order valence-electron chi connectivity index (χ1n) is 8.00. The van der Waals surface area contributed by atoms with Gasteiger partial charge in [0.2, 0.25) is 0 Å². The lowest BCUT2D eigenvalue weighted by molar-refractivity contribution is -0.00762. The van der Waals surface area contributed by atoms with Crippen LogP contribution in [0.3, 0.4) is 0 Å². The Labute approximate surface area is 134 Å². The lowest BCUT2D eigenvalue weighted by atomic mass is 9.91. The molecule has 0 saturated carbocycles. The van der Waals surface area contributed by atoms with Crippen molar-refractivity contribution in [1.82, 2.24) is 20.1 Å². The molecule has 0 spiro atoms. The number of nitrogens with zero attached hydrogens (tertiary/aromatic N) is 3. The number of aryl methyl sites for hydroxylation is 2. The molecule has 0 bridgehead atoms. The largest absolute Gasteiger partial charge is 0.456 e. The Morgan fingerprint density at radius 1 is 1.39 bits per heavy atom. The quantitative estimate of drug-likeness (QED) is 0.916. The third-order valence-electron chi connectivity index (χ3n) is 4.69. The zero-order valence-corrected chi connectivity index (χ0v) is 13.3. The fourth-order valence-corrected chi connectivity index (χ4v) is 3.49. The number of ether oxygens (including phenoxy) is 1. The van der Waals surface area contributed by atoms with Crippen LogP contribution in [0, 0.1) is 19.8 Å². The number of carbonyl (C=O) groups is 1. The number of furan rings is 1. The lowest BCUT2D eigenvalue weighted by Gasteiger charge is -2.33. The molecule has 1 N–H and O–H groups in total. The molecule has 0 aliphatic carbocycles. The predicted octanol–water partition coefficient (Wildman–Crippen LogP) is 2.01. The molecule has 2 aromatic rings. The second-order valence-corrected chi connectivity index (χ2v) is 6.39. The summed E-state index contributed by atoms with van der Waals surface area (Å²) in [5.41, 5.74) is 0. The summed E-state index contributed by atoms with van der Waals surface area (Å²) in [5.74, 6) is 3.07. The maximum Gasteiger partial charge on any atom is 0.289 e. The van der Waals surface area contributed by atoms with Gasteiger partial charge in [-0.3, -0.25) is 9.89 Å². The van der Waals surface area contributed by atoms with Crippen LogP contribution in [0.25, 0.3) is 0 Å². The fourth-order valence-electron chi connectivity index (χ4n) is 3.49. The van der Waals surface area contributed by atoms with Crippen molar-refractivity contribution < 1.29 is 13.9 Å². The minimum absolute atomic E-state index is 0.0487. The van der Waals surface area contributed by atoms with E-state index in [1.54, 1.807) is 6.07 Å². The molecule has 23 heavy (non-hydrogen) atoms. The number of hydrogen-bond acceptors (Lipinski definition) is 5. The number of piperidine rings is 1. The number of aromatic amines is 1. The number of fused-ring (bicyclic) bond motifs is 1. The first-order chi connectivity index (χ1) is 11.1. The number of aromatic nitrogens is 3. The average Bonchev–Trinajstić information content (AvgIpc) is 3.24. The number of amides is 1. The van der Waals surface area contributed by atoms with Gasteiger partial charge in [0, 0.05) is 13.1 Å². The Morgan fingerprint density at radius 2 is 2.26 bits per heavy atom. The van der Waals surface area contributed by atoms with Crippen LogP contribution in [0.5, 0.6) is 0 Å². The number of rotatable bonds is 2. The van der Waals surface area contributed by atoms with E-state index in [2.05, 4.69) is 15.2 Å². The molecule has 0 unspecified atom stereocenters. The smallest absolute Gasteiger partial charge is 0.289 e. The average molecular weight is 316 g/mol. The van der Waals surface area contributed by atoms with Crippen molar-refractivity contribution in [2.45, 2.75) is 38.9 Å². The summed E-state index contributed by atoms with van der Waals surface area (Å²) in [7, 11) is 0. The molecule has 2 fully saturated rings. The van der Waals surface area contributed by atoms with Crippen molar-refractivity contribution in [3.05, 3.63) is 35.3 Å². The first-order valence-corrected chi connectivity index (χ1v) is 8.00. The number of carbonyl (C=O) groups excluding carboxylic acids is 1. The minimum Gasteiger partial charge on any atom is -0.456 e. The monoisotopic (exact) mass is 316 g/mol. The van der Waals surface area contributed by atoms with Gasteiger partial charge < -0.3 is 14.1 Å². The highest BCUT2D eigenvalue weighted by molar-refractivity contribution is 5.91. The molecular weight excluding hydrogens is 296 g/mol. The summed E-state index contributed by atoms with van der Waals surface area (Å²) < 4.78 is 11.6. The molecular formula is C16H20N4O3. The molecule has 7 heteroatoms. The Kier molecular flexibility index (Phi) is 3.45. The highest BCUT2D eigenvalue weighted by atomic mass is 16.5. The van der Waals surface area contributed by atoms with Crippen molar-refractivity contribution in [2.75, 3.05) is 13.1 Å². The second kappa shape index (κ2) is 5.49. The molecule has 2 aromatic heterocycles. The molecule has 7 nitrogen and oxygen atoms in total. The van der Waals surface area contributed by atoms with Crippen LogP contribution in [0.4, 0.5) is 0 Å². The van der Waals surface area contributed by atoms with Crippen molar-refractivity contribution in [1.29, 1.82) is 0 Å². The maximum absolute atomic E-state index is 12.5. The molecule has 2 aliphatic rings. The van der Waals surface area contributed by atoms with Crippen LogP contribution in [0.15, 0.2) is 16.5 Å². The summed E-state index contributed by atoms with van der Waals surface area (Å²) in [4.78, 5) is 18.7. The van der Waals surface area contributed by atoms with Gasteiger partial charge in [-0.05, 0) is 44.7 Å². The van der Waals surface area contributed by atoms with E-state index in [1.165, 1.54) is 0 Å². The van der Waals surface area contributed by atoms with E-state index >= 15 is 0 Å². The van der Waals surface area contributed by atoms with Crippen molar-refractivity contribution in [3.8, 4) is 0 Å². The van der Waals surface area contributed by atoms with Crippen molar-refractivity contribution in [2.24, 2.45) is 5.92 Å². The van der Waals surface area contributed by atoms with Crippen LogP contribution < -0.4 is 0 Å². The van der Waals surface area contributed by atoms with Crippen molar-refractivity contribution >= 4 is 5.91 Å². The van der Waals surface area contributed by atoms with Gasteiger partial charge in [0.15, 0.2) is 11.6 Å². The maximum atomic E-state index is 12.5. The highest BCUT2D eigenvalue weighted by Gasteiger charge is 2.42. The molecule has 1 amide bonds. The normalized spacial score (nSPS) is 27.2. The van der Waals surface area contributed by atoms with Gasteiger partial charge >= 0.3 is 0 Å². The van der Waals surface area contributed by atoms with E-state index in [9.17, 15) is 4.79 Å². The molecule has 122 valence electrons. The molecule has 3 atom stereocenters. The summed E-state index contributed by atoms with van der Waals surface area (Å²) in [6.45, 7) is 5.06. The van der Waals surface area contributed by atoms with Gasteiger partial charge in [-0.2, -0.15) is 5.10 Å². The Balaban J connectivity index is 1.44. The SMILES string of the molecule is Cc1nc([C@@H]2C[C@H]3CCN(C(=O)c4ccc(C)o4)C[C@@H]3O2)n[nH]1. The molecule has 2 saturated heterocycles. The number of likely N-dealkylation sites (tertiary alicyclic amines) is 1. The summed E-state index contributed by atoms with van der Waals surface area (Å²) >= 11 is 0. The Morgan fingerprint density at radius 3 is 2.96 bits per heavy atom. The van der Waals surface area contributed by atoms with Gasteiger partial charge in [0.25, 0.3) is 5.91 Å². The zero-order chi connectivity index (χ0) is 16.0. The summed E-state index contributed by atoms with van der Waals surface area (Å²) in [5, 5.41) is 7.06. The lowest BCUT2D eigenvalue weighted by Crippen LogP contribution is -2.45. The number of nitrogens with one attached hydrogen (secondary N) is 1. The van der Waals surface area contributed by atoms with Crippen LogP contribution in [-0.4, -0.2) is 45.2 Å². The van der Waals surface area contributed by atoms with E-state index in [-0.39, 0.29) is 18.1 Å². The molecule has 0 aromatic carbocycles. The van der Waals surface area contributed by atoms with Gasteiger partial charge in [-0.1, -0.05) is 0 Å². The fraction of sp³-hybridized carbons (Fsp3) is 0.562. The predicted molar refractivity (Wildman–Crippen MR) is 80.8 cm³/mol. The first kappa shape index (κ1) is 14.4. The standard InChI is InChI=1S/C16H20N4O3/c1-9-3-4-12(22-9)16(21)20-6-5-11-7-13(23-14(11)8-20)15-17-10(2)18-19-15/h3-4,11,13-14H,5-8H2,1-2H3,(H,17,18,19)/t11-,13+,14+/m1/s1. The van der Waals surface area contributed by atoms with Crippen LogP contribution in [-0.2, 0) is 4.74 Å². The Bertz CT molecular complexity index is 722. The van der Waals surface area contributed by atoms with Crippen LogP contribution in [0.1, 0.15) is 46.9 Å². The van der Waals surface area contributed by atoms with Crippen LogP contribution in [0.2, 0.25) is 0 Å². The summed E-state index contributed by atoms with van der Waals surface area (Å²) in [6.07, 6.45) is 1.84. The van der Waals surface area contributed by atoms with Crippen molar-refractivity contribution in [3.63, 3.8) is 0 Å². The van der Waals surface area contributed by atoms with E-state index in [1.807, 2.05) is 24.8 Å². The van der Waals surface area contributed by atoms with E-state index < -0.39 is 0 Å². The third-order valence-corrected chi connectivity index (χ3v) is 4.69. The third kappa shape index (κ3) is 2.65. The highest BCUT2D eigenvalue weighted by Crippen LogP contribution is 2.40. The molecule has 4 rings (SSSR count). The van der Waals surface area contributed by atoms with E-state index in [4.69, 9.17) is 9.15 Å². The van der Waals surface area contributed by atoms with Gasteiger partial charge in [0.1, 0.15) is 17.7 Å². The molecule has 4 heterocycles. The number of hydrogen-bond donors (Lipinski definition) is 1. The number of H-pyrrole nitrogens is 1. The second-order valence-electron chi connectivity index (χ2n) is 6.39. The topological polar surface area (TPSA) is 84.2 Å². The summed E-state index contributed by atoms with van der Waals surface area (Å²) in [6, 6.07) is 3.55. The van der Waals surface area contributed by atoms with Crippen LogP contribution >= 0.6 is 0 Å². The van der Waals surface area contributed by atoms with Gasteiger partial charge in [-0.15, -0.1) is 0 Å². The molecule has 2 aliphatic heterocycles. The minimum atomic E-state index is -0.0733. The Hall–Kier alpha value is -2.15.